The maximum Gasteiger partial charge on any atom is 0.310 e. The molecule has 0 aromatic carbocycles. The number of carboxylic acids is 1. The summed E-state index contributed by atoms with van der Waals surface area (Å²) in [5, 5.41) is 43.7. The quantitative estimate of drug-likeness (QED) is 0.378. The average molecular weight is 503 g/mol. The van der Waals surface area contributed by atoms with E-state index >= 15 is 0 Å². The van der Waals surface area contributed by atoms with Crippen LogP contribution in [-0.4, -0.2) is 44.7 Å². The number of carbonyl (C=O) groups is 1. The fraction of sp³-hybridized carbons (Fsp3) is 0.903. The summed E-state index contributed by atoms with van der Waals surface area (Å²) in [7, 11) is 0. The Morgan fingerprint density at radius 3 is 2.28 bits per heavy atom. The first-order chi connectivity index (χ1) is 16.6. The molecule has 36 heavy (non-hydrogen) atoms. The highest BCUT2D eigenvalue weighted by molar-refractivity contribution is 5.76. The third kappa shape index (κ3) is 2.97. The second kappa shape index (κ2) is 8.05. The minimum Gasteiger partial charge on any atom is -0.481 e. The summed E-state index contributed by atoms with van der Waals surface area (Å²) in [6.45, 7) is 15.5. The normalized spacial score (nSPS) is 57.4. The topological polar surface area (TPSA) is 98.0 Å². The summed E-state index contributed by atoms with van der Waals surface area (Å²) >= 11 is 0. The minimum atomic E-state index is -0.930. The molecule has 0 saturated heterocycles. The fourth-order valence-electron chi connectivity index (χ4n) is 11.3. The SMILES string of the molecule is C[C@@H]1CC[C@]2(C(=O)O)CC[C@]3(C)C(=CCC4[C@@]5(C)C[C@@H](O)[C@H](O)[C@@](C)([C@H](C)O)C5CC[C@]43C)C2[C@H]1C. The van der Waals surface area contributed by atoms with E-state index < -0.39 is 35.1 Å². The predicted octanol–water partition coefficient (Wildman–Crippen LogP) is 5.42. The van der Waals surface area contributed by atoms with Crippen molar-refractivity contribution in [1.29, 1.82) is 0 Å². The van der Waals surface area contributed by atoms with Crippen LogP contribution in [0.15, 0.2) is 11.6 Å². The lowest BCUT2D eigenvalue weighted by atomic mass is 9.33. The second-order valence-corrected chi connectivity index (χ2v) is 14.9. The van der Waals surface area contributed by atoms with E-state index in [1.165, 1.54) is 5.57 Å². The van der Waals surface area contributed by atoms with Crippen molar-refractivity contribution in [3.8, 4) is 0 Å². The van der Waals surface area contributed by atoms with Crippen molar-refractivity contribution in [1.82, 2.24) is 0 Å². The maximum absolute atomic E-state index is 12.8. The molecule has 204 valence electrons. The molecule has 5 rings (SSSR count). The van der Waals surface area contributed by atoms with Gasteiger partial charge in [-0.3, -0.25) is 4.79 Å². The van der Waals surface area contributed by atoms with Crippen molar-refractivity contribution in [3.05, 3.63) is 11.6 Å². The molecule has 4 saturated carbocycles. The molecule has 0 aliphatic heterocycles. The number of aliphatic hydroxyl groups excluding tert-OH is 3. The first-order valence-corrected chi connectivity index (χ1v) is 14.6. The predicted molar refractivity (Wildman–Crippen MR) is 140 cm³/mol. The number of hydrogen-bond donors (Lipinski definition) is 4. The summed E-state index contributed by atoms with van der Waals surface area (Å²) < 4.78 is 0. The Kier molecular flexibility index (Phi) is 5.97. The van der Waals surface area contributed by atoms with Gasteiger partial charge in [0.25, 0.3) is 0 Å². The Morgan fingerprint density at radius 1 is 1.00 bits per heavy atom. The van der Waals surface area contributed by atoms with Gasteiger partial charge in [0, 0.05) is 5.41 Å². The zero-order valence-electron chi connectivity index (χ0n) is 23.6. The van der Waals surface area contributed by atoms with Crippen LogP contribution in [0.5, 0.6) is 0 Å². The van der Waals surface area contributed by atoms with Crippen molar-refractivity contribution in [2.24, 2.45) is 56.7 Å². The molecular weight excluding hydrogens is 452 g/mol. The largest absolute Gasteiger partial charge is 0.481 e. The van der Waals surface area contributed by atoms with E-state index in [1.54, 1.807) is 6.92 Å². The smallest absolute Gasteiger partial charge is 0.310 e. The van der Waals surface area contributed by atoms with E-state index in [2.05, 4.69) is 40.7 Å². The molecule has 5 aliphatic carbocycles. The number of carboxylic acid groups (broad SMARTS) is 1. The van der Waals surface area contributed by atoms with Crippen molar-refractivity contribution in [3.63, 3.8) is 0 Å². The van der Waals surface area contributed by atoms with E-state index in [-0.39, 0.29) is 28.1 Å². The number of hydrogen-bond acceptors (Lipinski definition) is 4. The van der Waals surface area contributed by atoms with Gasteiger partial charge in [0.2, 0.25) is 0 Å². The summed E-state index contributed by atoms with van der Waals surface area (Å²) in [6, 6.07) is 0. The molecule has 0 amide bonds. The van der Waals surface area contributed by atoms with E-state index in [9.17, 15) is 25.2 Å². The third-order valence-electron chi connectivity index (χ3n) is 14.0. The molecule has 0 radical (unpaired) electrons. The number of aliphatic carboxylic acids is 1. The van der Waals surface area contributed by atoms with Gasteiger partial charge in [-0.05, 0) is 104 Å². The molecular formula is C31H50O5. The number of fused-ring (bicyclic) bond motifs is 7. The van der Waals surface area contributed by atoms with E-state index in [1.807, 2.05) is 6.92 Å². The van der Waals surface area contributed by atoms with E-state index in [4.69, 9.17) is 0 Å². The van der Waals surface area contributed by atoms with Crippen LogP contribution in [0, 0.1) is 56.7 Å². The average Bonchev–Trinajstić information content (AvgIpc) is 2.80. The minimum absolute atomic E-state index is 0.0188. The number of rotatable bonds is 2. The maximum atomic E-state index is 12.8. The molecule has 3 unspecified atom stereocenters. The summed E-state index contributed by atoms with van der Waals surface area (Å²) in [5.74, 6) is 0.780. The van der Waals surface area contributed by atoms with Crippen molar-refractivity contribution < 1.29 is 25.2 Å². The van der Waals surface area contributed by atoms with Gasteiger partial charge in [0.15, 0.2) is 0 Å². The van der Waals surface area contributed by atoms with Gasteiger partial charge in [-0.25, -0.2) is 0 Å². The van der Waals surface area contributed by atoms with Crippen LogP contribution < -0.4 is 0 Å². The van der Waals surface area contributed by atoms with Crippen LogP contribution in [0.4, 0.5) is 0 Å². The molecule has 5 nitrogen and oxygen atoms in total. The Bertz CT molecular complexity index is 959. The van der Waals surface area contributed by atoms with Gasteiger partial charge in [-0.15, -0.1) is 0 Å². The van der Waals surface area contributed by atoms with Crippen LogP contribution in [0.25, 0.3) is 0 Å². The molecule has 0 bridgehead atoms. The molecule has 0 aromatic heterocycles. The summed E-state index contributed by atoms with van der Waals surface area (Å²) in [5.41, 5.74) is -0.300. The van der Waals surface area contributed by atoms with Crippen LogP contribution >= 0.6 is 0 Å². The molecule has 5 aliphatic rings. The van der Waals surface area contributed by atoms with E-state index in [0.717, 1.165) is 44.9 Å². The monoisotopic (exact) mass is 502 g/mol. The summed E-state index contributed by atoms with van der Waals surface area (Å²) in [4.78, 5) is 12.8. The van der Waals surface area contributed by atoms with Gasteiger partial charge in [-0.2, -0.15) is 0 Å². The Hall–Kier alpha value is -0.910. The number of aliphatic hydroxyl groups is 3. The third-order valence-corrected chi connectivity index (χ3v) is 14.0. The second-order valence-electron chi connectivity index (χ2n) is 14.9. The zero-order valence-corrected chi connectivity index (χ0v) is 23.6. The van der Waals surface area contributed by atoms with Gasteiger partial charge >= 0.3 is 5.97 Å². The lowest BCUT2D eigenvalue weighted by molar-refractivity contribution is -0.256. The molecule has 5 heteroatoms. The molecule has 0 spiro atoms. The van der Waals surface area contributed by atoms with Crippen LogP contribution in [0.3, 0.4) is 0 Å². The first-order valence-electron chi connectivity index (χ1n) is 14.6. The molecule has 4 fully saturated rings. The molecule has 0 heterocycles. The van der Waals surface area contributed by atoms with Gasteiger partial charge < -0.3 is 20.4 Å². The first kappa shape index (κ1) is 26.7. The van der Waals surface area contributed by atoms with Crippen LogP contribution in [0.2, 0.25) is 0 Å². The Morgan fingerprint density at radius 2 is 1.67 bits per heavy atom. The van der Waals surface area contributed by atoms with Gasteiger partial charge in [0.05, 0.1) is 23.7 Å². The van der Waals surface area contributed by atoms with E-state index in [0.29, 0.717) is 24.2 Å². The molecule has 13 atom stereocenters. The van der Waals surface area contributed by atoms with Crippen LogP contribution in [0.1, 0.15) is 99.8 Å². The van der Waals surface area contributed by atoms with Crippen molar-refractivity contribution in [2.45, 2.75) is 118 Å². The van der Waals surface area contributed by atoms with Crippen molar-refractivity contribution in [2.75, 3.05) is 0 Å². The van der Waals surface area contributed by atoms with Crippen molar-refractivity contribution >= 4 is 5.97 Å². The lowest BCUT2D eigenvalue weighted by Crippen LogP contribution is -2.69. The highest BCUT2D eigenvalue weighted by Gasteiger charge is 2.71. The molecule has 0 aromatic rings. The number of allylic oxidation sites excluding steroid dienone is 2. The van der Waals surface area contributed by atoms with Crippen LogP contribution in [-0.2, 0) is 4.79 Å². The highest BCUT2D eigenvalue weighted by atomic mass is 16.4. The lowest BCUT2D eigenvalue weighted by Gasteiger charge is -2.72. The Balaban J connectivity index is 1.63. The highest BCUT2D eigenvalue weighted by Crippen LogP contribution is 2.76. The molecule has 4 N–H and O–H groups in total. The standard InChI is InChI=1S/C31H50O5/c1-17-10-13-31(26(35)36)15-14-28(5)20(24(31)18(17)2)8-9-22-27(4)16-21(33)25(34)30(7,19(3)32)23(27)11-12-29(22,28)6/h8,17-19,21-25,32-34H,9-16H2,1-7H3,(H,35,36)/t17-,18+,19+,21-,22?,23?,24?,25+,27-,28-,29-,30+,31+/m1/s1. The van der Waals surface area contributed by atoms with Gasteiger partial charge in [-0.1, -0.05) is 53.2 Å². The zero-order chi connectivity index (χ0) is 26.6. The van der Waals surface area contributed by atoms with Gasteiger partial charge in [0.1, 0.15) is 0 Å². The Labute approximate surface area is 217 Å². The summed E-state index contributed by atoms with van der Waals surface area (Å²) in [6.07, 6.45) is 6.72. The fourth-order valence-corrected chi connectivity index (χ4v) is 11.3.